The summed E-state index contributed by atoms with van der Waals surface area (Å²) in [6.07, 6.45) is 2.78. The van der Waals surface area contributed by atoms with Crippen LogP contribution in [-0.4, -0.2) is 34.0 Å². The van der Waals surface area contributed by atoms with E-state index in [1.165, 1.54) is 5.56 Å². The van der Waals surface area contributed by atoms with Gasteiger partial charge in [0.1, 0.15) is 5.82 Å². The summed E-state index contributed by atoms with van der Waals surface area (Å²) in [5.74, 6) is 1.12. The third kappa shape index (κ3) is 3.24. The number of likely N-dealkylation sites (tertiary alicyclic amines) is 1. The van der Waals surface area contributed by atoms with Crippen LogP contribution in [0.1, 0.15) is 12.0 Å². The van der Waals surface area contributed by atoms with Crippen molar-refractivity contribution in [3.63, 3.8) is 0 Å². The molecule has 1 aliphatic rings. The van der Waals surface area contributed by atoms with Crippen molar-refractivity contribution in [2.24, 2.45) is 0 Å². The summed E-state index contributed by atoms with van der Waals surface area (Å²) < 4.78 is 0. The molecule has 1 saturated heterocycles. The van der Waals surface area contributed by atoms with Crippen LogP contribution in [0.5, 0.6) is 0 Å². The zero-order valence-electron chi connectivity index (χ0n) is 11.4. The molecule has 3 N–H and O–H groups in total. The molecule has 0 spiro atoms. The summed E-state index contributed by atoms with van der Waals surface area (Å²) in [5, 5.41) is 3.35. The maximum atomic E-state index is 5.66. The molecule has 0 amide bonds. The number of nitrogens with zero attached hydrogens (tertiary/aromatic N) is 3. The van der Waals surface area contributed by atoms with Gasteiger partial charge in [0.2, 0.25) is 5.95 Å². The number of nitrogen functional groups attached to an aromatic ring is 1. The van der Waals surface area contributed by atoms with Crippen LogP contribution in [0.4, 0.5) is 11.8 Å². The lowest BCUT2D eigenvalue weighted by molar-refractivity contribution is 0.328. The van der Waals surface area contributed by atoms with Crippen LogP contribution in [0, 0.1) is 0 Å². The average molecular weight is 269 g/mol. The number of rotatable bonds is 4. The topological polar surface area (TPSA) is 67.1 Å². The summed E-state index contributed by atoms with van der Waals surface area (Å²) >= 11 is 0. The van der Waals surface area contributed by atoms with Crippen LogP contribution in [-0.2, 0) is 6.54 Å². The average Bonchev–Trinajstić information content (AvgIpc) is 2.87. The zero-order valence-corrected chi connectivity index (χ0v) is 11.4. The Morgan fingerprint density at radius 1 is 1.25 bits per heavy atom. The van der Waals surface area contributed by atoms with E-state index in [-0.39, 0.29) is 0 Å². The molecule has 2 heterocycles. The maximum absolute atomic E-state index is 5.66. The van der Waals surface area contributed by atoms with Crippen molar-refractivity contribution >= 4 is 11.8 Å². The smallest absolute Gasteiger partial charge is 0.224 e. The minimum Gasteiger partial charge on any atom is -0.384 e. The standard InChI is InChI=1S/C15H19N5/c16-14-6-8-17-15(19-14)18-13-7-9-20(11-13)10-12-4-2-1-3-5-12/h1-6,8,13H,7,9-11H2,(H3,16,17,18,19). The van der Waals surface area contributed by atoms with E-state index in [1.54, 1.807) is 12.3 Å². The Hall–Kier alpha value is -2.14. The fourth-order valence-corrected chi connectivity index (χ4v) is 2.56. The van der Waals surface area contributed by atoms with Gasteiger partial charge in [-0.05, 0) is 18.1 Å². The molecule has 104 valence electrons. The Morgan fingerprint density at radius 2 is 2.10 bits per heavy atom. The van der Waals surface area contributed by atoms with Gasteiger partial charge in [0.05, 0.1) is 0 Å². The van der Waals surface area contributed by atoms with Crippen molar-refractivity contribution in [2.45, 2.75) is 19.0 Å². The summed E-state index contributed by atoms with van der Waals surface area (Å²) in [7, 11) is 0. The van der Waals surface area contributed by atoms with E-state index in [4.69, 9.17) is 5.73 Å². The van der Waals surface area contributed by atoms with Crippen molar-refractivity contribution in [3.8, 4) is 0 Å². The quantitative estimate of drug-likeness (QED) is 0.885. The molecule has 1 aromatic heterocycles. The second-order valence-corrected chi connectivity index (χ2v) is 5.16. The van der Waals surface area contributed by atoms with Crippen LogP contribution < -0.4 is 11.1 Å². The Balaban J connectivity index is 1.54. The molecule has 5 heteroatoms. The molecule has 1 aliphatic heterocycles. The summed E-state index contributed by atoms with van der Waals surface area (Å²) in [4.78, 5) is 10.8. The van der Waals surface area contributed by atoms with Crippen LogP contribution in [0.3, 0.4) is 0 Å². The zero-order chi connectivity index (χ0) is 13.8. The van der Waals surface area contributed by atoms with Crippen molar-refractivity contribution in [1.29, 1.82) is 0 Å². The number of aromatic nitrogens is 2. The summed E-state index contributed by atoms with van der Waals surface area (Å²) in [6.45, 7) is 3.10. The molecule has 3 rings (SSSR count). The second-order valence-electron chi connectivity index (χ2n) is 5.16. The minimum absolute atomic E-state index is 0.389. The molecule has 0 aliphatic carbocycles. The first-order chi connectivity index (χ1) is 9.79. The van der Waals surface area contributed by atoms with E-state index in [1.807, 2.05) is 0 Å². The highest BCUT2D eigenvalue weighted by atomic mass is 15.2. The van der Waals surface area contributed by atoms with Gasteiger partial charge in [0.15, 0.2) is 0 Å². The molecule has 5 nitrogen and oxygen atoms in total. The van der Waals surface area contributed by atoms with Crippen molar-refractivity contribution in [2.75, 3.05) is 24.1 Å². The van der Waals surface area contributed by atoms with Crippen molar-refractivity contribution in [1.82, 2.24) is 14.9 Å². The molecular formula is C15H19N5. The molecule has 0 radical (unpaired) electrons. The minimum atomic E-state index is 0.389. The largest absolute Gasteiger partial charge is 0.384 e. The number of nitrogens with two attached hydrogens (primary N) is 1. The fraction of sp³-hybridized carbons (Fsp3) is 0.333. The molecule has 1 unspecified atom stereocenters. The monoisotopic (exact) mass is 269 g/mol. The Bertz CT molecular complexity index is 557. The van der Waals surface area contributed by atoms with Gasteiger partial charge in [-0.1, -0.05) is 30.3 Å². The summed E-state index contributed by atoms with van der Waals surface area (Å²) in [6, 6.07) is 12.6. The Labute approximate surface area is 118 Å². The van der Waals surface area contributed by atoms with Gasteiger partial charge >= 0.3 is 0 Å². The van der Waals surface area contributed by atoms with Gasteiger partial charge in [-0.15, -0.1) is 0 Å². The molecule has 20 heavy (non-hydrogen) atoms. The van der Waals surface area contributed by atoms with Crippen LogP contribution in [0.15, 0.2) is 42.6 Å². The third-order valence-electron chi connectivity index (χ3n) is 3.53. The van der Waals surface area contributed by atoms with Crippen LogP contribution in [0.25, 0.3) is 0 Å². The van der Waals surface area contributed by atoms with E-state index in [9.17, 15) is 0 Å². The molecule has 2 aromatic rings. The first-order valence-electron chi connectivity index (χ1n) is 6.91. The highest BCUT2D eigenvalue weighted by molar-refractivity contribution is 5.36. The van der Waals surface area contributed by atoms with E-state index in [0.29, 0.717) is 17.8 Å². The summed E-state index contributed by atoms with van der Waals surface area (Å²) in [5.41, 5.74) is 7.02. The molecule has 0 bridgehead atoms. The highest BCUT2D eigenvalue weighted by Gasteiger charge is 2.22. The second kappa shape index (κ2) is 5.88. The first kappa shape index (κ1) is 12.9. The number of hydrogen-bond donors (Lipinski definition) is 2. The van der Waals surface area contributed by atoms with E-state index >= 15 is 0 Å². The lowest BCUT2D eigenvalue weighted by atomic mass is 10.2. The SMILES string of the molecule is Nc1ccnc(NC2CCN(Cc3ccccc3)C2)n1. The van der Waals surface area contributed by atoms with Gasteiger partial charge in [0.25, 0.3) is 0 Å². The Morgan fingerprint density at radius 3 is 2.90 bits per heavy atom. The van der Waals surface area contributed by atoms with E-state index in [2.05, 4.69) is 50.5 Å². The first-order valence-corrected chi connectivity index (χ1v) is 6.91. The Kier molecular flexibility index (Phi) is 3.78. The number of anilines is 2. The predicted octanol–water partition coefficient (Wildman–Crippen LogP) is 1.75. The number of hydrogen-bond acceptors (Lipinski definition) is 5. The van der Waals surface area contributed by atoms with Crippen LogP contribution in [0.2, 0.25) is 0 Å². The normalized spacial score (nSPS) is 19.1. The molecule has 1 fully saturated rings. The lowest BCUT2D eigenvalue weighted by Gasteiger charge is -2.16. The molecular weight excluding hydrogens is 250 g/mol. The van der Waals surface area contributed by atoms with Crippen molar-refractivity contribution in [3.05, 3.63) is 48.2 Å². The maximum Gasteiger partial charge on any atom is 0.224 e. The van der Waals surface area contributed by atoms with E-state index in [0.717, 1.165) is 26.1 Å². The van der Waals surface area contributed by atoms with Gasteiger partial charge in [-0.2, -0.15) is 4.98 Å². The van der Waals surface area contributed by atoms with Gasteiger partial charge in [-0.3, -0.25) is 4.90 Å². The van der Waals surface area contributed by atoms with E-state index < -0.39 is 0 Å². The molecule has 0 saturated carbocycles. The van der Waals surface area contributed by atoms with Gasteiger partial charge in [0, 0.05) is 31.9 Å². The molecule has 1 atom stereocenters. The molecule has 1 aromatic carbocycles. The third-order valence-corrected chi connectivity index (χ3v) is 3.53. The van der Waals surface area contributed by atoms with Crippen molar-refractivity contribution < 1.29 is 0 Å². The predicted molar refractivity (Wildman–Crippen MR) is 80.2 cm³/mol. The lowest BCUT2D eigenvalue weighted by Crippen LogP contribution is -2.26. The van der Waals surface area contributed by atoms with Gasteiger partial charge in [-0.25, -0.2) is 4.98 Å². The fourth-order valence-electron chi connectivity index (χ4n) is 2.56. The number of benzene rings is 1. The highest BCUT2D eigenvalue weighted by Crippen LogP contribution is 2.16. The number of nitrogens with one attached hydrogen (secondary N) is 1. The van der Waals surface area contributed by atoms with Crippen LogP contribution >= 0.6 is 0 Å². The van der Waals surface area contributed by atoms with Gasteiger partial charge < -0.3 is 11.1 Å².